The molecule has 17 atom stereocenters. The Morgan fingerprint density at radius 2 is 1.15 bits per heavy atom. The van der Waals surface area contributed by atoms with Crippen LogP contribution in [0.1, 0.15) is 65.2 Å². The zero-order valence-electron chi connectivity index (χ0n) is 30.2. The Morgan fingerprint density at radius 1 is 0.660 bits per heavy atom. The van der Waals surface area contributed by atoms with Crippen LogP contribution < -0.4 is 5.32 Å². The van der Waals surface area contributed by atoms with Gasteiger partial charge in [0, 0.05) is 6.42 Å². The third-order valence-corrected chi connectivity index (χ3v) is 9.65. The summed E-state index contributed by atoms with van der Waals surface area (Å²) >= 11 is 0. The molecule has 0 radical (unpaired) electrons. The second kappa shape index (κ2) is 22.9. The van der Waals surface area contributed by atoms with Gasteiger partial charge in [-0.05, 0) is 12.8 Å². The predicted octanol–water partition coefficient (Wildman–Crippen LogP) is -3.99. The van der Waals surface area contributed by atoms with Crippen molar-refractivity contribution in [1.82, 2.24) is 5.32 Å². The molecule has 0 aromatic heterocycles. The summed E-state index contributed by atoms with van der Waals surface area (Å²) in [6.45, 7) is 0.999. The highest BCUT2D eigenvalue weighted by Gasteiger charge is 2.53. The van der Waals surface area contributed by atoms with Gasteiger partial charge in [0.2, 0.25) is 5.91 Å². The first-order valence-corrected chi connectivity index (χ1v) is 18.4. The number of allylic oxidation sites excluding steroid dienone is 1. The first-order chi connectivity index (χ1) is 25.3. The Bertz CT molecular complexity index is 1070. The monoisotopic (exact) mass is 771 g/mol. The van der Waals surface area contributed by atoms with E-state index in [1.807, 2.05) is 6.08 Å². The lowest BCUT2D eigenvalue weighted by molar-refractivity contribution is -0.379. The zero-order chi connectivity index (χ0) is 39.2. The van der Waals surface area contributed by atoms with Gasteiger partial charge >= 0.3 is 0 Å². The Hall–Kier alpha value is -1.47. The molecule has 3 aliphatic heterocycles. The van der Waals surface area contributed by atoms with E-state index in [-0.39, 0.29) is 18.9 Å². The molecule has 310 valence electrons. The molecule has 19 heteroatoms. The van der Waals surface area contributed by atoms with E-state index in [4.69, 9.17) is 28.4 Å². The van der Waals surface area contributed by atoms with Gasteiger partial charge < -0.3 is 89.9 Å². The molecule has 0 bridgehead atoms. The molecule has 3 aliphatic rings. The van der Waals surface area contributed by atoms with Crippen LogP contribution in [0.5, 0.6) is 0 Å². The molecule has 53 heavy (non-hydrogen) atoms. The minimum Gasteiger partial charge on any atom is -0.394 e. The molecule has 1 amide bonds. The third kappa shape index (κ3) is 12.5. The molecule has 0 aromatic rings. The smallest absolute Gasteiger partial charge is 0.220 e. The van der Waals surface area contributed by atoms with Crippen LogP contribution in [-0.2, 0) is 33.2 Å². The minimum atomic E-state index is -1.97. The van der Waals surface area contributed by atoms with Crippen molar-refractivity contribution < 1.29 is 89.4 Å². The van der Waals surface area contributed by atoms with Crippen LogP contribution in [0.4, 0.5) is 0 Å². The Kier molecular flexibility index (Phi) is 19.9. The maximum Gasteiger partial charge on any atom is 0.220 e. The molecule has 0 aromatic carbocycles. The van der Waals surface area contributed by atoms with Crippen molar-refractivity contribution in [3.63, 3.8) is 0 Å². The van der Waals surface area contributed by atoms with Gasteiger partial charge in [-0.2, -0.15) is 0 Å². The van der Waals surface area contributed by atoms with E-state index in [9.17, 15) is 61.0 Å². The van der Waals surface area contributed by atoms with Crippen LogP contribution in [-0.4, -0.2) is 193 Å². The normalized spacial score (nSPS) is 39.2. The van der Waals surface area contributed by atoms with Gasteiger partial charge in [-0.25, -0.2) is 0 Å². The summed E-state index contributed by atoms with van der Waals surface area (Å²) in [5.74, 6) is -0.371. The van der Waals surface area contributed by atoms with Gasteiger partial charge in [-0.15, -0.1) is 0 Å². The van der Waals surface area contributed by atoms with Crippen molar-refractivity contribution in [2.75, 3.05) is 26.4 Å². The standard InChI is InChI=1S/C34H61NO18/c1-3-5-6-7-8-9-10-11-12-18(39)17(35-22(40)4-2)16-48-32-28(46)25(43)30(20(14-37)50-32)53-34-29(47)26(44)31(21(15-38)51-34)52-33-27(45)24(42)23(41)19(13-36)49-33/h11-12,17-21,23-34,36-39,41-47H,3-10,13-16H2,1-2H3,(H,35,40)/b12-11+. The number of unbranched alkanes of at least 4 members (excludes halogenated alkanes) is 6. The van der Waals surface area contributed by atoms with Crippen LogP contribution in [0.3, 0.4) is 0 Å². The van der Waals surface area contributed by atoms with Gasteiger partial charge in [0.05, 0.1) is 38.6 Å². The molecular weight excluding hydrogens is 710 g/mol. The minimum absolute atomic E-state index is 0.124. The van der Waals surface area contributed by atoms with Crippen molar-refractivity contribution >= 4 is 5.91 Å². The number of carbonyl (C=O) groups is 1. The van der Waals surface area contributed by atoms with Crippen molar-refractivity contribution in [2.24, 2.45) is 0 Å². The lowest BCUT2D eigenvalue weighted by Gasteiger charge is -2.48. The molecule has 3 saturated heterocycles. The largest absolute Gasteiger partial charge is 0.394 e. The number of carbonyl (C=O) groups excluding carboxylic acids is 1. The summed E-state index contributed by atoms with van der Waals surface area (Å²) in [6, 6.07) is -0.960. The quantitative estimate of drug-likeness (QED) is 0.0391. The molecule has 3 heterocycles. The van der Waals surface area contributed by atoms with Crippen molar-refractivity contribution in [1.29, 1.82) is 0 Å². The Labute approximate surface area is 308 Å². The highest BCUT2D eigenvalue weighted by molar-refractivity contribution is 5.75. The average Bonchev–Trinajstić information content (AvgIpc) is 3.15. The number of amides is 1. The van der Waals surface area contributed by atoms with Crippen molar-refractivity contribution in [2.45, 2.75) is 169 Å². The maximum atomic E-state index is 12.2. The van der Waals surface area contributed by atoms with E-state index >= 15 is 0 Å². The van der Waals surface area contributed by atoms with Crippen LogP contribution in [0.2, 0.25) is 0 Å². The number of hydrogen-bond acceptors (Lipinski definition) is 18. The molecule has 3 fully saturated rings. The molecule has 12 N–H and O–H groups in total. The van der Waals surface area contributed by atoms with E-state index in [0.717, 1.165) is 32.1 Å². The topological polar surface area (TPSA) is 307 Å². The van der Waals surface area contributed by atoms with Crippen LogP contribution in [0.15, 0.2) is 12.2 Å². The van der Waals surface area contributed by atoms with Gasteiger partial charge in [-0.1, -0.05) is 58.1 Å². The summed E-state index contributed by atoms with van der Waals surface area (Å²) in [7, 11) is 0. The van der Waals surface area contributed by atoms with Crippen LogP contribution in [0.25, 0.3) is 0 Å². The Balaban J connectivity index is 1.62. The number of aliphatic hydroxyl groups excluding tert-OH is 11. The molecule has 0 spiro atoms. The molecule has 0 aliphatic carbocycles. The lowest BCUT2D eigenvalue weighted by Crippen LogP contribution is -2.66. The zero-order valence-corrected chi connectivity index (χ0v) is 30.2. The highest BCUT2D eigenvalue weighted by atomic mass is 16.8. The maximum absolute atomic E-state index is 12.2. The van der Waals surface area contributed by atoms with E-state index < -0.39 is 124 Å². The van der Waals surface area contributed by atoms with Gasteiger partial charge in [0.1, 0.15) is 73.2 Å². The second-order valence-corrected chi connectivity index (χ2v) is 13.6. The van der Waals surface area contributed by atoms with Crippen molar-refractivity contribution in [3.05, 3.63) is 12.2 Å². The number of nitrogens with one attached hydrogen (secondary N) is 1. The fraction of sp³-hybridized carbons (Fsp3) is 0.912. The van der Waals surface area contributed by atoms with E-state index in [1.165, 1.54) is 12.8 Å². The number of aliphatic hydroxyl groups is 11. The SMILES string of the molecule is CCCCCCCC/C=C/C(O)C(COC1OC(CO)C(OC2OC(CO)C(OC3OC(CO)C(O)C(O)C3O)C(O)C2O)C(O)C1O)NC(=O)CC. The van der Waals surface area contributed by atoms with Crippen LogP contribution in [0, 0.1) is 0 Å². The van der Waals surface area contributed by atoms with Crippen molar-refractivity contribution in [3.8, 4) is 0 Å². The van der Waals surface area contributed by atoms with E-state index in [0.29, 0.717) is 0 Å². The molecule has 3 rings (SSSR count). The molecule has 17 unspecified atom stereocenters. The number of hydrogen-bond donors (Lipinski definition) is 12. The fourth-order valence-corrected chi connectivity index (χ4v) is 6.33. The second-order valence-electron chi connectivity index (χ2n) is 13.6. The van der Waals surface area contributed by atoms with E-state index in [2.05, 4.69) is 12.2 Å². The van der Waals surface area contributed by atoms with Crippen LogP contribution >= 0.6 is 0 Å². The third-order valence-electron chi connectivity index (χ3n) is 9.65. The van der Waals surface area contributed by atoms with E-state index in [1.54, 1.807) is 13.0 Å². The van der Waals surface area contributed by atoms with Gasteiger partial charge in [0.25, 0.3) is 0 Å². The molecular formula is C34H61NO18. The average molecular weight is 772 g/mol. The number of rotatable bonds is 21. The summed E-state index contributed by atoms with van der Waals surface area (Å²) in [6.07, 6.45) is -15.8. The molecule has 0 saturated carbocycles. The summed E-state index contributed by atoms with van der Waals surface area (Å²) in [5, 5.41) is 117. The lowest BCUT2D eigenvalue weighted by atomic mass is 9.96. The first-order valence-electron chi connectivity index (χ1n) is 18.4. The van der Waals surface area contributed by atoms with Gasteiger partial charge in [0.15, 0.2) is 18.9 Å². The number of ether oxygens (including phenoxy) is 6. The summed E-state index contributed by atoms with van der Waals surface area (Å²) < 4.78 is 33.5. The summed E-state index contributed by atoms with van der Waals surface area (Å²) in [4.78, 5) is 12.2. The summed E-state index contributed by atoms with van der Waals surface area (Å²) in [5.41, 5.74) is 0. The Morgan fingerprint density at radius 3 is 1.70 bits per heavy atom. The highest BCUT2D eigenvalue weighted by Crippen LogP contribution is 2.32. The fourth-order valence-electron chi connectivity index (χ4n) is 6.33. The molecule has 19 nitrogen and oxygen atoms in total. The van der Waals surface area contributed by atoms with Gasteiger partial charge in [-0.3, -0.25) is 4.79 Å². The first kappa shape index (κ1) is 45.9. The predicted molar refractivity (Wildman–Crippen MR) is 180 cm³/mol.